The molecule has 1 aliphatic carbocycles. The van der Waals surface area contributed by atoms with E-state index in [-0.39, 0.29) is 11.9 Å². The molecule has 1 spiro atoms. The lowest BCUT2D eigenvalue weighted by molar-refractivity contribution is -0.190. The molecular formula is C13H14O4. The van der Waals surface area contributed by atoms with Gasteiger partial charge in [-0.3, -0.25) is 4.79 Å². The predicted octanol–water partition coefficient (Wildman–Crippen LogP) is 1.62. The highest BCUT2D eigenvalue weighted by Gasteiger charge is 2.63. The minimum absolute atomic E-state index is 0.254. The van der Waals surface area contributed by atoms with Gasteiger partial charge in [0.15, 0.2) is 5.79 Å². The summed E-state index contributed by atoms with van der Waals surface area (Å²) in [5.74, 6) is -1.27. The number of carbonyl (C=O) groups excluding carboxylic acids is 1. The lowest BCUT2D eigenvalue weighted by Gasteiger charge is -2.14. The molecule has 3 rings (SSSR count). The molecule has 17 heavy (non-hydrogen) atoms. The van der Waals surface area contributed by atoms with E-state index in [1.165, 1.54) is 7.11 Å². The molecule has 1 heterocycles. The van der Waals surface area contributed by atoms with Crippen molar-refractivity contribution in [3.63, 3.8) is 0 Å². The first kappa shape index (κ1) is 10.7. The van der Waals surface area contributed by atoms with Gasteiger partial charge in [-0.15, -0.1) is 0 Å². The number of hydrogen-bond acceptors (Lipinski definition) is 4. The Morgan fingerprint density at radius 1 is 1.29 bits per heavy atom. The fourth-order valence-electron chi connectivity index (χ4n) is 2.23. The lowest BCUT2D eigenvalue weighted by Crippen LogP contribution is -2.23. The van der Waals surface area contributed by atoms with Gasteiger partial charge < -0.3 is 14.2 Å². The van der Waals surface area contributed by atoms with Gasteiger partial charge in [0.2, 0.25) is 0 Å². The number of carbonyl (C=O) groups is 1. The van der Waals surface area contributed by atoms with E-state index in [0.717, 1.165) is 11.1 Å². The summed E-state index contributed by atoms with van der Waals surface area (Å²) in [5.41, 5.74) is 2.25. The first-order valence-corrected chi connectivity index (χ1v) is 5.68. The van der Waals surface area contributed by atoms with Crippen LogP contribution in [0.2, 0.25) is 0 Å². The SMILES string of the molecule is COC(=O)C1CC12OCc1ccccc1CO2. The summed E-state index contributed by atoms with van der Waals surface area (Å²) in [4.78, 5) is 11.5. The average Bonchev–Trinajstić information content (AvgIpc) is 3.12. The van der Waals surface area contributed by atoms with Crippen LogP contribution in [-0.2, 0) is 32.2 Å². The van der Waals surface area contributed by atoms with Crippen LogP contribution >= 0.6 is 0 Å². The molecule has 2 aliphatic rings. The maximum absolute atomic E-state index is 11.5. The van der Waals surface area contributed by atoms with Crippen LogP contribution in [0.15, 0.2) is 24.3 Å². The van der Waals surface area contributed by atoms with Crippen LogP contribution in [0.5, 0.6) is 0 Å². The van der Waals surface area contributed by atoms with Gasteiger partial charge in [-0.1, -0.05) is 24.3 Å². The van der Waals surface area contributed by atoms with Gasteiger partial charge in [-0.25, -0.2) is 0 Å². The molecule has 0 N–H and O–H groups in total. The zero-order valence-corrected chi connectivity index (χ0v) is 9.64. The molecule has 1 aromatic rings. The summed E-state index contributed by atoms with van der Waals surface area (Å²) in [6, 6.07) is 8.00. The fraction of sp³-hybridized carbons (Fsp3) is 0.462. The molecule has 1 atom stereocenters. The third kappa shape index (κ3) is 1.73. The van der Waals surface area contributed by atoms with E-state index in [9.17, 15) is 4.79 Å². The molecular weight excluding hydrogens is 220 g/mol. The highest BCUT2D eigenvalue weighted by molar-refractivity contribution is 5.77. The van der Waals surface area contributed by atoms with Crippen molar-refractivity contribution >= 4 is 5.97 Å². The van der Waals surface area contributed by atoms with Crippen LogP contribution in [-0.4, -0.2) is 18.9 Å². The standard InChI is InChI=1S/C13H14O4/c1-15-12(14)11-6-13(11)16-7-9-4-2-3-5-10(9)8-17-13/h2-5,11H,6-8H2,1H3. The van der Waals surface area contributed by atoms with Gasteiger partial charge in [0.05, 0.1) is 20.3 Å². The Hall–Kier alpha value is -1.39. The second kappa shape index (κ2) is 3.82. The normalized spacial score (nSPS) is 24.9. The number of esters is 1. The smallest absolute Gasteiger partial charge is 0.314 e. The molecule has 0 saturated heterocycles. The van der Waals surface area contributed by atoms with Crippen LogP contribution in [0.3, 0.4) is 0 Å². The van der Waals surface area contributed by atoms with Gasteiger partial charge in [0.25, 0.3) is 0 Å². The third-order valence-corrected chi connectivity index (χ3v) is 3.41. The largest absolute Gasteiger partial charge is 0.469 e. The van der Waals surface area contributed by atoms with Crippen LogP contribution in [0, 0.1) is 5.92 Å². The van der Waals surface area contributed by atoms with Gasteiger partial charge in [-0.05, 0) is 11.1 Å². The van der Waals surface area contributed by atoms with E-state index in [0.29, 0.717) is 19.6 Å². The van der Waals surface area contributed by atoms with E-state index in [4.69, 9.17) is 14.2 Å². The van der Waals surface area contributed by atoms with E-state index in [1.807, 2.05) is 24.3 Å². The van der Waals surface area contributed by atoms with Crippen LogP contribution in [0.25, 0.3) is 0 Å². The molecule has 0 aromatic heterocycles. The quantitative estimate of drug-likeness (QED) is 0.693. The average molecular weight is 234 g/mol. The van der Waals surface area contributed by atoms with Gasteiger partial charge in [-0.2, -0.15) is 0 Å². The van der Waals surface area contributed by atoms with Crippen molar-refractivity contribution in [2.75, 3.05) is 7.11 Å². The number of benzene rings is 1. The Morgan fingerprint density at radius 2 is 1.88 bits per heavy atom. The topological polar surface area (TPSA) is 44.8 Å². The Bertz CT molecular complexity index is 427. The molecule has 1 aliphatic heterocycles. The molecule has 0 amide bonds. The minimum atomic E-state index is -0.744. The lowest BCUT2D eigenvalue weighted by atomic mass is 10.1. The van der Waals surface area contributed by atoms with Crippen molar-refractivity contribution in [1.29, 1.82) is 0 Å². The second-order valence-corrected chi connectivity index (χ2v) is 4.44. The van der Waals surface area contributed by atoms with Crippen LogP contribution < -0.4 is 0 Å². The molecule has 1 unspecified atom stereocenters. The Kier molecular flexibility index (Phi) is 2.42. The maximum atomic E-state index is 11.5. The third-order valence-electron chi connectivity index (χ3n) is 3.41. The van der Waals surface area contributed by atoms with Gasteiger partial charge in [0, 0.05) is 6.42 Å². The van der Waals surface area contributed by atoms with Crippen molar-refractivity contribution < 1.29 is 19.0 Å². The molecule has 1 aromatic carbocycles. The van der Waals surface area contributed by atoms with Gasteiger partial charge in [0.1, 0.15) is 5.92 Å². The number of hydrogen-bond donors (Lipinski definition) is 0. The van der Waals surface area contributed by atoms with Crippen molar-refractivity contribution in [3.05, 3.63) is 35.4 Å². The highest BCUT2D eigenvalue weighted by atomic mass is 16.7. The summed E-state index contributed by atoms with van der Waals surface area (Å²) in [7, 11) is 1.39. The summed E-state index contributed by atoms with van der Waals surface area (Å²) < 4.78 is 16.2. The highest BCUT2D eigenvalue weighted by Crippen LogP contribution is 2.50. The number of methoxy groups -OCH3 is 1. The second-order valence-electron chi connectivity index (χ2n) is 4.44. The van der Waals surface area contributed by atoms with E-state index in [1.54, 1.807) is 0 Å². The van der Waals surface area contributed by atoms with E-state index in [2.05, 4.69) is 0 Å². The van der Waals surface area contributed by atoms with Crippen LogP contribution in [0.4, 0.5) is 0 Å². The number of rotatable bonds is 1. The Balaban J connectivity index is 1.77. The number of ether oxygens (including phenoxy) is 3. The zero-order chi connectivity index (χ0) is 11.9. The summed E-state index contributed by atoms with van der Waals surface area (Å²) in [6.07, 6.45) is 0.591. The van der Waals surface area contributed by atoms with Crippen molar-refractivity contribution in [1.82, 2.24) is 0 Å². The zero-order valence-electron chi connectivity index (χ0n) is 9.64. The Morgan fingerprint density at radius 3 is 2.41 bits per heavy atom. The van der Waals surface area contributed by atoms with Gasteiger partial charge >= 0.3 is 5.97 Å². The molecule has 0 bridgehead atoms. The molecule has 0 radical (unpaired) electrons. The summed E-state index contributed by atoms with van der Waals surface area (Å²) in [6.45, 7) is 0.979. The minimum Gasteiger partial charge on any atom is -0.469 e. The monoisotopic (exact) mass is 234 g/mol. The molecule has 1 fully saturated rings. The first-order valence-electron chi connectivity index (χ1n) is 5.68. The number of fused-ring (bicyclic) bond motifs is 1. The molecule has 4 nitrogen and oxygen atoms in total. The fourth-order valence-corrected chi connectivity index (χ4v) is 2.23. The molecule has 4 heteroatoms. The van der Waals surface area contributed by atoms with Crippen molar-refractivity contribution in [2.24, 2.45) is 5.92 Å². The predicted molar refractivity (Wildman–Crippen MR) is 58.9 cm³/mol. The van der Waals surface area contributed by atoms with E-state index < -0.39 is 5.79 Å². The van der Waals surface area contributed by atoms with Crippen molar-refractivity contribution in [2.45, 2.75) is 25.4 Å². The summed E-state index contributed by atoms with van der Waals surface area (Å²) in [5, 5.41) is 0. The van der Waals surface area contributed by atoms with Crippen molar-refractivity contribution in [3.8, 4) is 0 Å². The van der Waals surface area contributed by atoms with Crippen LogP contribution in [0.1, 0.15) is 17.5 Å². The maximum Gasteiger partial charge on any atom is 0.314 e. The van der Waals surface area contributed by atoms with E-state index >= 15 is 0 Å². The first-order chi connectivity index (χ1) is 8.25. The Labute approximate surface area is 99.5 Å². The molecule has 1 saturated carbocycles. The summed E-state index contributed by atoms with van der Waals surface area (Å²) >= 11 is 0. The molecule has 90 valence electrons.